The van der Waals surface area contributed by atoms with Crippen molar-refractivity contribution in [2.75, 3.05) is 26.4 Å². The van der Waals surface area contributed by atoms with Gasteiger partial charge in [-0.05, 0) is 50.9 Å². The third kappa shape index (κ3) is 44.2. The number of carbonyl (C=O) groups is 2. The molecule has 0 aliphatic rings. The summed E-state index contributed by atoms with van der Waals surface area (Å²) in [4.78, 5) is 52.7. The van der Waals surface area contributed by atoms with Gasteiger partial charge >= 0.3 is 27.6 Å². The van der Waals surface area contributed by atoms with Crippen LogP contribution in [0.4, 0.5) is 0 Å². The van der Waals surface area contributed by atoms with Crippen LogP contribution in [0.3, 0.4) is 0 Å². The molecule has 0 fully saturated rings. The third-order valence-electron chi connectivity index (χ3n) is 9.19. The van der Waals surface area contributed by atoms with Crippen molar-refractivity contribution in [2.45, 2.75) is 180 Å². The molecule has 0 saturated carbocycles. The number of esters is 2. The fourth-order valence-electron chi connectivity index (χ4n) is 5.80. The molecule has 0 aliphatic heterocycles. The largest absolute Gasteiger partial charge is 0.472 e. The van der Waals surface area contributed by atoms with E-state index in [-0.39, 0.29) is 12.8 Å². The summed E-state index contributed by atoms with van der Waals surface area (Å²) < 4.78 is 47.7. The number of ether oxygens (including phenoxy) is 2. The van der Waals surface area contributed by atoms with Gasteiger partial charge in [-0.1, -0.05) is 165 Å². The van der Waals surface area contributed by atoms with Gasteiger partial charge in [-0.15, -0.1) is 0 Å². The number of phosphoric ester groups is 2. The molecule has 0 amide bonds. The Bertz CT molecular complexity index is 1340. The molecule has 61 heavy (non-hydrogen) atoms. The van der Waals surface area contributed by atoms with Crippen molar-refractivity contribution < 1.29 is 66.7 Å². The summed E-state index contributed by atoms with van der Waals surface area (Å²) in [5.74, 6) is -0.445. The number of hydrogen-bond acceptors (Lipinski definition) is 11. The standard InChI is InChI=1S/C45H80O14P2/c1-4-5-6-7-8-9-10-12-16-19-22-25-28-32-41(46)33-30-35-44(48)55-38-43(39-58-61(53,54)57-37-42(47)36-56-60(50,51)52)59-45(49)34-29-26-23-20-17-14-11-13-15-18-21-24-27-31-40(2)3/h5-6,8-9,12,16,22,25,28,32,40-43,46-47H,4,7,10-11,13-15,17-21,23-24,26-27,29-31,33-39H2,1-3H3,(H,53,54)(H2,50,51,52)/b6-5-,9-8-,16-12-,25-22-,32-28+/t41?,42-,43+/m0/s1. The molecule has 0 aliphatic carbocycles. The summed E-state index contributed by atoms with van der Waals surface area (Å²) >= 11 is 0. The van der Waals surface area contributed by atoms with Gasteiger partial charge in [-0.3, -0.25) is 23.2 Å². The minimum absolute atomic E-state index is 0.0366. The number of rotatable bonds is 41. The average Bonchev–Trinajstić information content (AvgIpc) is 3.20. The highest BCUT2D eigenvalue weighted by molar-refractivity contribution is 7.47. The third-order valence-corrected chi connectivity index (χ3v) is 10.6. The van der Waals surface area contributed by atoms with Crippen LogP contribution in [0, 0.1) is 5.92 Å². The average molecular weight is 907 g/mol. The molecular formula is C45H80O14P2. The zero-order valence-electron chi connectivity index (χ0n) is 37.3. The first-order chi connectivity index (χ1) is 29.1. The summed E-state index contributed by atoms with van der Waals surface area (Å²) in [5, 5.41) is 20.0. The zero-order chi connectivity index (χ0) is 45.5. The summed E-state index contributed by atoms with van der Waals surface area (Å²) in [6.45, 7) is 3.74. The number of phosphoric acid groups is 2. The van der Waals surface area contributed by atoms with Crippen LogP contribution in [-0.2, 0) is 41.8 Å². The van der Waals surface area contributed by atoms with E-state index in [4.69, 9.17) is 23.8 Å². The van der Waals surface area contributed by atoms with Gasteiger partial charge in [0.2, 0.25) is 0 Å². The van der Waals surface area contributed by atoms with Crippen LogP contribution in [0.5, 0.6) is 0 Å². The molecular weight excluding hydrogens is 826 g/mol. The van der Waals surface area contributed by atoms with E-state index in [1.165, 1.54) is 57.8 Å². The molecule has 2 unspecified atom stereocenters. The molecule has 0 heterocycles. The maximum Gasteiger partial charge on any atom is 0.472 e. The Labute approximate surface area is 366 Å². The highest BCUT2D eigenvalue weighted by Crippen LogP contribution is 2.43. The van der Waals surface area contributed by atoms with Gasteiger partial charge in [0, 0.05) is 12.8 Å². The van der Waals surface area contributed by atoms with Crippen molar-refractivity contribution in [1.29, 1.82) is 0 Å². The van der Waals surface area contributed by atoms with E-state index < -0.39 is 72.3 Å². The summed E-state index contributed by atoms with van der Waals surface area (Å²) in [5.41, 5.74) is 0. The highest BCUT2D eigenvalue weighted by Gasteiger charge is 2.28. The molecule has 0 aromatic carbocycles. The maximum atomic E-state index is 12.7. The van der Waals surface area contributed by atoms with Gasteiger partial charge in [0.15, 0.2) is 6.10 Å². The zero-order valence-corrected chi connectivity index (χ0v) is 39.1. The van der Waals surface area contributed by atoms with E-state index >= 15 is 0 Å². The van der Waals surface area contributed by atoms with Crippen LogP contribution in [0.25, 0.3) is 0 Å². The minimum Gasteiger partial charge on any atom is -0.462 e. The van der Waals surface area contributed by atoms with Crippen molar-refractivity contribution in [2.24, 2.45) is 5.92 Å². The quantitative estimate of drug-likeness (QED) is 0.0127. The van der Waals surface area contributed by atoms with Crippen LogP contribution < -0.4 is 0 Å². The lowest BCUT2D eigenvalue weighted by atomic mass is 10.0. The SMILES string of the molecule is CC/C=C\C/C=C\C/C=C\C/C=C\C=C\C(O)CCCC(=O)OC[C@H](COP(=O)(O)OC[C@@H](O)COP(=O)(O)O)OC(=O)CCCCCCCCCCCCCCCC(C)C. The number of hydrogen-bond donors (Lipinski definition) is 5. The van der Waals surface area contributed by atoms with E-state index in [0.29, 0.717) is 19.3 Å². The van der Waals surface area contributed by atoms with Gasteiger partial charge in [0.1, 0.15) is 12.7 Å². The molecule has 5 N–H and O–H groups in total. The second kappa shape index (κ2) is 39.4. The fourth-order valence-corrected chi connectivity index (χ4v) is 6.95. The Kier molecular flexibility index (Phi) is 37.9. The fraction of sp³-hybridized carbons (Fsp3) is 0.733. The molecule has 0 spiro atoms. The van der Waals surface area contributed by atoms with Crippen molar-refractivity contribution in [3.63, 3.8) is 0 Å². The molecule has 0 radical (unpaired) electrons. The first kappa shape index (κ1) is 58.8. The monoisotopic (exact) mass is 907 g/mol. The molecule has 354 valence electrons. The van der Waals surface area contributed by atoms with Gasteiger partial charge in [-0.2, -0.15) is 0 Å². The van der Waals surface area contributed by atoms with Crippen LogP contribution in [0.2, 0.25) is 0 Å². The Morgan fingerprint density at radius 1 is 0.557 bits per heavy atom. The van der Waals surface area contributed by atoms with Gasteiger partial charge < -0.3 is 34.4 Å². The summed E-state index contributed by atoms with van der Waals surface area (Å²) in [7, 11) is -9.74. The number of aliphatic hydroxyl groups is 2. The molecule has 0 aromatic heterocycles. The Morgan fingerprint density at radius 2 is 1.05 bits per heavy atom. The molecule has 0 saturated heterocycles. The van der Waals surface area contributed by atoms with E-state index in [1.807, 2.05) is 12.2 Å². The lowest BCUT2D eigenvalue weighted by Crippen LogP contribution is -2.30. The second-order valence-corrected chi connectivity index (χ2v) is 18.3. The van der Waals surface area contributed by atoms with Crippen molar-refractivity contribution in [1.82, 2.24) is 0 Å². The normalized spacial score (nSPS) is 15.2. The topological polar surface area (TPSA) is 216 Å². The molecule has 4 atom stereocenters. The van der Waals surface area contributed by atoms with Crippen molar-refractivity contribution >= 4 is 27.6 Å². The lowest BCUT2D eigenvalue weighted by molar-refractivity contribution is -0.161. The first-order valence-electron chi connectivity index (χ1n) is 22.4. The Hall–Kier alpha value is -2.22. The molecule has 0 aromatic rings. The number of carbonyl (C=O) groups excluding carboxylic acids is 2. The predicted octanol–water partition coefficient (Wildman–Crippen LogP) is 10.4. The number of allylic oxidation sites excluding steroid dienone is 9. The number of unbranched alkanes of at least 4 members (excludes halogenated alkanes) is 12. The lowest BCUT2D eigenvalue weighted by Gasteiger charge is -2.20. The van der Waals surface area contributed by atoms with E-state index in [2.05, 4.69) is 66.3 Å². The summed E-state index contributed by atoms with van der Waals surface area (Å²) in [6, 6.07) is 0. The Morgan fingerprint density at radius 3 is 1.61 bits per heavy atom. The van der Waals surface area contributed by atoms with Crippen molar-refractivity contribution in [3.8, 4) is 0 Å². The maximum absolute atomic E-state index is 12.7. The molecule has 0 bridgehead atoms. The van der Waals surface area contributed by atoms with E-state index in [1.54, 1.807) is 12.2 Å². The van der Waals surface area contributed by atoms with E-state index in [9.17, 15) is 33.8 Å². The smallest absolute Gasteiger partial charge is 0.462 e. The van der Waals surface area contributed by atoms with Crippen LogP contribution >= 0.6 is 15.6 Å². The predicted molar refractivity (Wildman–Crippen MR) is 240 cm³/mol. The Balaban J connectivity index is 4.68. The van der Waals surface area contributed by atoms with Crippen LogP contribution in [0.1, 0.15) is 162 Å². The summed E-state index contributed by atoms with van der Waals surface area (Å²) in [6.07, 6.45) is 36.8. The number of aliphatic hydroxyl groups excluding tert-OH is 2. The molecule has 14 nitrogen and oxygen atoms in total. The van der Waals surface area contributed by atoms with Crippen LogP contribution in [0.15, 0.2) is 60.8 Å². The van der Waals surface area contributed by atoms with Gasteiger partial charge in [-0.25, -0.2) is 9.13 Å². The highest BCUT2D eigenvalue weighted by atomic mass is 31.2. The van der Waals surface area contributed by atoms with E-state index in [0.717, 1.165) is 57.3 Å². The minimum atomic E-state index is -4.88. The molecule has 16 heteroatoms. The molecule has 0 rings (SSSR count). The second-order valence-electron chi connectivity index (χ2n) is 15.6. The van der Waals surface area contributed by atoms with Crippen molar-refractivity contribution in [3.05, 3.63) is 60.8 Å². The van der Waals surface area contributed by atoms with Gasteiger partial charge in [0.25, 0.3) is 0 Å². The first-order valence-corrected chi connectivity index (χ1v) is 25.5. The van der Waals surface area contributed by atoms with Crippen LogP contribution in [-0.4, -0.2) is 81.6 Å². The van der Waals surface area contributed by atoms with Gasteiger partial charge in [0.05, 0.1) is 25.9 Å².